The van der Waals surface area contributed by atoms with E-state index < -0.39 is 12.5 Å². The molecule has 0 spiro atoms. The molecule has 0 radical (unpaired) electrons. The van der Waals surface area contributed by atoms with Gasteiger partial charge in [-0.25, -0.2) is 0 Å². The number of aliphatic hydroxyl groups excluding tert-OH is 2. The molecule has 0 aromatic carbocycles. The highest BCUT2D eigenvalue weighted by Gasteiger charge is 2.16. The third-order valence-electron chi connectivity index (χ3n) is 1.76. The number of aliphatic hydroxyl groups is 2. The van der Waals surface area contributed by atoms with Crippen LogP contribution in [-0.4, -0.2) is 41.8 Å². The number of rotatable bonds is 7. The van der Waals surface area contributed by atoms with Crippen LogP contribution in [0, 0.1) is 0 Å². The minimum Gasteiger partial charge on any atom is -0.377 e. The van der Waals surface area contributed by atoms with Gasteiger partial charge in [-0.05, 0) is 19.4 Å². The van der Waals surface area contributed by atoms with Crippen LogP contribution in [0.1, 0.15) is 12.8 Å². The molecule has 0 aliphatic heterocycles. The molecule has 0 aliphatic rings. The fourth-order valence-electron chi connectivity index (χ4n) is 1.01. The van der Waals surface area contributed by atoms with E-state index in [2.05, 4.69) is 5.32 Å². The summed E-state index contributed by atoms with van der Waals surface area (Å²) in [5, 5.41) is 20.9. The van der Waals surface area contributed by atoms with Gasteiger partial charge in [0.25, 0.3) is 0 Å². The predicted octanol–water partition coefficient (Wildman–Crippen LogP) is -2.76. The smallest absolute Gasteiger partial charge is 0.117 e. The fourth-order valence-corrected chi connectivity index (χ4v) is 1.01. The van der Waals surface area contributed by atoms with Crippen LogP contribution in [0.15, 0.2) is 0 Å². The molecule has 3 unspecified atom stereocenters. The molecule has 3 atom stereocenters. The second kappa shape index (κ2) is 7.19. The van der Waals surface area contributed by atoms with Crippen LogP contribution in [-0.2, 0) is 0 Å². The number of hydrogen-bond acceptors (Lipinski definition) is 6. The van der Waals surface area contributed by atoms with E-state index in [4.69, 9.17) is 27.4 Å². The summed E-state index contributed by atoms with van der Waals surface area (Å²) in [6, 6.07) is -0.359. The first kappa shape index (κ1) is 12.8. The molecule has 0 amide bonds. The number of hydrogen-bond donors (Lipinski definition) is 6. The van der Waals surface area contributed by atoms with Crippen molar-refractivity contribution in [2.45, 2.75) is 31.3 Å². The van der Waals surface area contributed by atoms with Crippen molar-refractivity contribution < 1.29 is 10.2 Å². The molecule has 0 fully saturated rings. The normalized spacial score (nSPS) is 18.2. The van der Waals surface area contributed by atoms with E-state index >= 15 is 0 Å². The Labute approximate surface area is 78.1 Å². The average Bonchev–Trinajstić information content (AvgIpc) is 2.11. The first-order chi connectivity index (χ1) is 6.11. The van der Waals surface area contributed by atoms with Crippen molar-refractivity contribution in [3.05, 3.63) is 0 Å². The van der Waals surface area contributed by atoms with Gasteiger partial charge in [0.05, 0.1) is 0 Å². The Balaban J connectivity index is 3.79. The zero-order valence-electron chi connectivity index (χ0n) is 7.69. The minimum atomic E-state index is -1.01. The lowest BCUT2D eigenvalue weighted by Gasteiger charge is -2.23. The highest BCUT2D eigenvalue weighted by atomic mass is 16.3. The topological polar surface area (TPSA) is 131 Å². The molecule has 13 heavy (non-hydrogen) atoms. The van der Waals surface area contributed by atoms with Crippen LogP contribution in [0.5, 0.6) is 0 Å². The van der Waals surface area contributed by atoms with E-state index in [-0.39, 0.29) is 12.6 Å². The maximum atomic E-state index is 9.14. The summed E-state index contributed by atoms with van der Waals surface area (Å²) in [6.45, 7) is 0.621. The number of nitrogens with two attached hydrogens (primary N) is 3. The van der Waals surface area contributed by atoms with Crippen molar-refractivity contribution in [3.63, 3.8) is 0 Å². The lowest BCUT2D eigenvalue weighted by Crippen LogP contribution is -2.51. The third-order valence-corrected chi connectivity index (χ3v) is 1.76. The molecule has 6 heteroatoms. The molecule has 0 heterocycles. The lowest BCUT2D eigenvalue weighted by atomic mass is 10.1. The highest BCUT2D eigenvalue weighted by Crippen LogP contribution is 1.99. The molecule has 80 valence electrons. The molecular weight excluding hydrogens is 172 g/mol. The van der Waals surface area contributed by atoms with Gasteiger partial charge in [0.15, 0.2) is 0 Å². The zero-order chi connectivity index (χ0) is 10.3. The molecule has 0 saturated heterocycles. The molecule has 9 N–H and O–H groups in total. The average molecular weight is 192 g/mol. The molecule has 0 aliphatic carbocycles. The van der Waals surface area contributed by atoms with E-state index in [0.29, 0.717) is 13.0 Å². The van der Waals surface area contributed by atoms with Crippen molar-refractivity contribution in [3.8, 4) is 0 Å². The van der Waals surface area contributed by atoms with Gasteiger partial charge in [-0.2, -0.15) is 0 Å². The maximum Gasteiger partial charge on any atom is 0.117 e. The van der Waals surface area contributed by atoms with Gasteiger partial charge in [0.1, 0.15) is 12.5 Å². The second-order valence-corrected chi connectivity index (χ2v) is 2.95. The molecule has 0 aromatic rings. The van der Waals surface area contributed by atoms with Gasteiger partial charge in [-0.3, -0.25) is 5.32 Å². The summed E-state index contributed by atoms with van der Waals surface area (Å²) in [7, 11) is 0. The minimum absolute atomic E-state index is 0.0891. The Bertz CT molecular complexity index is 123. The molecule has 0 aromatic heterocycles. The Kier molecular flexibility index (Phi) is 7.06. The lowest BCUT2D eigenvalue weighted by molar-refractivity contribution is 0.0684. The van der Waals surface area contributed by atoms with Gasteiger partial charge < -0.3 is 27.4 Å². The van der Waals surface area contributed by atoms with E-state index in [1.54, 1.807) is 0 Å². The molecule has 0 rings (SSSR count). The van der Waals surface area contributed by atoms with Crippen molar-refractivity contribution in [2.24, 2.45) is 17.2 Å². The first-order valence-corrected chi connectivity index (χ1v) is 4.39. The van der Waals surface area contributed by atoms with Crippen LogP contribution in [0.3, 0.4) is 0 Å². The van der Waals surface area contributed by atoms with Crippen LogP contribution < -0.4 is 22.5 Å². The Hall–Kier alpha value is -0.240. The van der Waals surface area contributed by atoms with E-state index in [0.717, 1.165) is 6.42 Å². The first-order valence-electron chi connectivity index (χ1n) is 4.39. The summed E-state index contributed by atoms with van der Waals surface area (Å²) in [4.78, 5) is 0. The van der Waals surface area contributed by atoms with E-state index in [1.165, 1.54) is 0 Å². The molecule has 0 saturated carbocycles. The van der Waals surface area contributed by atoms with Gasteiger partial charge >= 0.3 is 0 Å². The SMILES string of the molecule is NCCCC(NC(O)CN)C(N)O. The Morgan fingerprint density at radius 3 is 2.23 bits per heavy atom. The largest absolute Gasteiger partial charge is 0.377 e. The van der Waals surface area contributed by atoms with Crippen LogP contribution in [0.4, 0.5) is 0 Å². The van der Waals surface area contributed by atoms with E-state index in [9.17, 15) is 0 Å². The Morgan fingerprint density at radius 2 is 1.85 bits per heavy atom. The number of nitrogens with one attached hydrogen (secondary N) is 1. The summed E-state index contributed by atoms with van der Waals surface area (Å²) in [5.74, 6) is 0. The third kappa shape index (κ3) is 5.92. The summed E-state index contributed by atoms with van der Waals surface area (Å²) in [6.07, 6.45) is -0.484. The van der Waals surface area contributed by atoms with Gasteiger partial charge in [0, 0.05) is 12.6 Å². The van der Waals surface area contributed by atoms with Crippen molar-refractivity contribution >= 4 is 0 Å². The highest BCUT2D eigenvalue weighted by molar-refractivity contribution is 4.73. The summed E-state index contributed by atoms with van der Waals surface area (Å²) in [5.41, 5.74) is 15.8. The van der Waals surface area contributed by atoms with Gasteiger partial charge in [0.2, 0.25) is 0 Å². The fraction of sp³-hybridized carbons (Fsp3) is 1.00. The van der Waals surface area contributed by atoms with Crippen LogP contribution in [0.2, 0.25) is 0 Å². The predicted molar refractivity (Wildman–Crippen MR) is 50.5 cm³/mol. The summed E-state index contributed by atoms with van der Waals surface area (Å²) >= 11 is 0. The monoisotopic (exact) mass is 192 g/mol. The zero-order valence-corrected chi connectivity index (χ0v) is 7.69. The van der Waals surface area contributed by atoms with Crippen molar-refractivity contribution in [1.82, 2.24) is 5.32 Å². The molecular formula is C7H20N4O2. The standard InChI is InChI=1S/C7H20N4O2/c8-3-1-2-5(7(10)13)11-6(12)4-9/h5-7,11-13H,1-4,8-10H2. The molecule has 6 nitrogen and oxygen atoms in total. The van der Waals surface area contributed by atoms with E-state index in [1.807, 2.05) is 0 Å². The summed E-state index contributed by atoms with van der Waals surface area (Å²) < 4.78 is 0. The quantitative estimate of drug-likeness (QED) is 0.242. The van der Waals surface area contributed by atoms with Crippen LogP contribution >= 0.6 is 0 Å². The van der Waals surface area contributed by atoms with Gasteiger partial charge in [-0.1, -0.05) is 0 Å². The second-order valence-electron chi connectivity index (χ2n) is 2.95. The van der Waals surface area contributed by atoms with Crippen molar-refractivity contribution in [1.29, 1.82) is 0 Å². The van der Waals surface area contributed by atoms with Crippen molar-refractivity contribution in [2.75, 3.05) is 13.1 Å². The molecule has 0 bridgehead atoms. The van der Waals surface area contributed by atoms with Gasteiger partial charge in [-0.15, -0.1) is 0 Å². The Morgan fingerprint density at radius 1 is 1.23 bits per heavy atom. The maximum absolute atomic E-state index is 9.14. The van der Waals surface area contributed by atoms with Crippen LogP contribution in [0.25, 0.3) is 0 Å².